The number of aromatic nitrogens is 2. The number of halogens is 1. The SMILES string of the molecule is COCCNC(=O)c1c(O)c2ncc(Cc3ccc(F)cc3OCC(N)=O)cc2n(C)c1=O. The van der Waals surface area contributed by atoms with Gasteiger partial charge in [-0.2, -0.15) is 0 Å². The lowest BCUT2D eigenvalue weighted by Gasteiger charge is -2.14. The van der Waals surface area contributed by atoms with E-state index in [4.69, 9.17) is 15.2 Å². The van der Waals surface area contributed by atoms with Crippen LogP contribution in [0.5, 0.6) is 11.5 Å². The van der Waals surface area contributed by atoms with E-state index in [1.807, 2.05) is 0 Å². The van der Waals surface area contributed by atoms with Crippen LogP contribution in [0.25, 0.3) is 11.0 Å². The normalized spacial score (nSPS) is 10.9. The molecule has 0 radical (unpaired) electrons. The number of rotatable bonds is 9. The molecular weight excluding hydrogens is 435 g/mol. The Morgan fingerprint density at radius 3 is 2.76 bits per heavy atom. The largest absolute Gasteiger partial charge is 0.505 e. The molecule has 0 atom stereocenters. The number of nitrogens with one attached hydrogen (secondary N) is 1. The van der Waals surface area contributed by atoms with Crippen molar-refractivity contribution in [3.63, 3.8) is 0 Å². The molecule has 3 aromatic rings. The predicted molar refractivity (Wildman–Crippen MR) is 117 cm³/mol. The number of fused-ring (bicyclic) bond motifs is 1. The maximum atomic E-state index is 13.6. The Balaban J connectivity index is 1.98. The Morgan fingerprint density at radius 2 is 2.06 bits per heavy atom. The number of hydrogen-bond acceptors (Lipinski definition) is 7. The van der Waals surface area contributed by atoms with Crippen LogP contribution in [0.4, 0.5) is 4.39 Å². The van der Waals surface area contributed by atoms with Gasteiger partial charge in [-0.25, -0.2) is 4.39 Å². The molecule has 0 fully saturated rings. The second-order valence-corrected chi connectivity index (χ2v) is 7.23. The van der Waals surface area contributed by atoms with Crippen LogP contribution in [-0.2, 0) is 23.0 Å². The van der Waals surface area contributed by atoms with Gasteiger partial charge in [0.25, 0.3) is 17.4 Å². The molecule has 0 aliphatic rings. The lowest BCUT2D eigenvalue weighted by molar-refractivity contribution is -0.119. The zero-order valence-corrected chi connectivity index (χ0v) is 18.1. The van der Waals surface area contributed by atoms with E-state index in [0.29, 0.717) is 16.6 Å². The highest BCUT2D eigenvalue weighted by Crippen LogP contribution is 2.27. The first kappa shape index (κ1) is 23.7. The molecule has 11 heteroatoms. The molecule has 2 heterocycles. The number of hydrogen-bond donors (Lipinski definition) is 3. The molecule has 2 aromatic heterocycles. The summed E-state index contributed by atoms with van der Waals surface area (Å²) in [5.41, 5.74) is 5.53. The van der Waals surface area contributed by atoms with Crippen LogP contribution in [0.1, 0.15) is 21.5 Å². The average molecular weight is 458 g/mol. The van der Waals surface area contributed by atoms with Crippen molar-refractivity contribution in [1.82, 2.24) is 14.9 Å². The first-order chi connectivity index (χ1) is 15.7. The molecule has 174 valence electrons. The van der Waals surface area contributed by atoms with Gasteiger partial charge in [-0.15, -0.1) is 0 Å². The smallest absolute Gasteiger partial charge is 0.267 e. The monoisotopic (exact) mass is 458 g/mol. The molecule has 33 heavy (non-hydrogen) atoms. The Hall–Kier alpha value is -3.99. The van der Waals surface area contributed by atoms with Gasteiger partial charge in [-0.1, -0.05) is 6.07 Å². The summed E-state index contributed by atoms with van der Waals surface area (Å²) in [5, 5.41) is 13.1. The van der Waals surface area contributed by atoms with Crippen molar-refractivity contribution in [2.75, 3.05) is 26.9 Å². The van der Waals surface area contributed by atoms with Gasteiger partial charge in [0.15, 0.2) is 12.4 Å². The number of aryl methyl sites for hydroxylation is 1. The number of methoxy groups -OCH3 is 1. The highest BCUT2D eigenvalue weighted by atomic mass is 19.1. The van der Waals surface area contributed by atoms with Crippen molar-refractivity contribution < 1.29 is 28.6 Å². The van der Waals surface area contributed by atoms with E-state index in [-0.39, 0.29) is 30.8 Å². The van der Waals surface area contributed by atoms with E-state index < -0.39 is 41.1 Å². The van der Waals surface area contributed by atoms with Gasteiger partial charge in [0, 0.05) is 39.4 Å². The van der Waals surface area contributed by atoms with Crippen LogP contribution in [-0.4, -0.2) is 53.3 Å². The summed E-state index contributed by atoms with van der Waals surface area (Å²) in [5.74, 6) is -2.36. The summed E-state index contributed by atoms with van der Waals surface area (Å²) in [6.45, 7) is 0.000710. The van der Waals surface area contributed by atoms with E-state index >= 15 is 0 Å². The van der Waals surface area contributed by atoms with Gasteiger partial charge < -0.3 is 30.2 Å². The summed E-state index contributed by atoms with van der Waals surface area (Å²) in [7, 11) is 2.93. The molecule has 0 aliphatic heterocycles. The third kappa shape index (κ3) is 5.26. The Labute approximate surface area is 187 Å². The summed E-state index contributed by atoms with van der Waals surface area (Å²) < 4.78 is 25.0. The highest BCUT2D eigenvalue weighted by molar-refractivity contribution is 6.01. The Morgan fingerprint density at radius 1 is 1.30 bits per heavy atom. The number of amides is 2. The molecule has 0 spiro atoms. The topological polar surface area (TPSA) is 146 Å². The number of benzene rings is 1. The summed E-state index contributed by atoms with van der Waals surface area (Å²) in [6.07, 6.45) is 1.69. The van der Waals surface area contributed by atoms with Gasteiger partial charge in [0.05, 0.1) is 12.1 Å². The van der Waals surface area contributed by atoms with Crippen molar-refractivity contribution in [3.8, 4) is 11.5 Å². The van der Waals surface area contributed by atoms with Gasteiger partial charge in [-0.3, -0.25) is 19.4 Å². The zero-order chi connectivity index (χ0) is 24.1. The van der Waals surface area contributed by atoms with Gasteiger partial charge >= 0.3 is 0 Å². The lowest BCUT2D eigenvalue weighted by Crippen LogP contribution is -2.34. The fourth-order valence-corrected chi connectivity index (χ4v) is 3.26. The third-order valence-electron chi connectivity index (χ3n) is 4.88. The van der Waals surface area contributed by atoms with Crippen LogP contribution >= 0.6 is 0 Å². The highest BCUT2D eigenvalue weighted by Gasteiger charge is 2.22. The number of primary amides is 1. The number of nitrogens with zero attached hydrogens (tertiary/aromatic N) is 2. The molecule has 2 amide bonds. The molecular formula is C22H23FN4O6. The summed E-state index contributed by atoms with van der Waals surface area (Å²) in [6, 6.07) is 5.51. The number of carbonyl (C=O) groups excluding carboxylic acids is 2. The minimum atomic E-state index is -0.736. The van der Waals surface area contributed by atoms with Crippen molar-refractivity contribution in [2.24, 2.45) is 12.8 Å². The van der Waals surface area contributed by atoms with E-state index in [9.17, 15) is 23.9 Å². The molecule has 3 rings (SSSR count). The number of pyridine rings is 2. The van der Waals surface area contributed by atoms with Gasteiger partial charge in [-0.05, 0) is 23.3 Å². The molecule has 0 aliphatic carbocycles. The predicted octanol–water partition coefficient (Wildman–Crippen LogP) is 0.609. The molecule has 0 saturated carbocycles. The van der Waals surface area contributed by atoms with Crippen molar-refractivity contribution in [3.05, 3.63) is 63.3 Å². The van der Waals surface area contributed by atoms with Crippen molar-refractivity contribution >= 4 is 22.8 Å². The second kappa shape index (κ2) is 10.1. The molecule has 10 nitrogen and oxygen atoms in total. The number of ether oxygens (including phenoxy) is 2. The average Bonchev–Trinajstić information content (AvgIpc) is 2.78. The van der Waals surface area contributed by atoms with Crippen LogP contribution in [0.2, 0.25) is 0 Å². The van der Waals surface area contributed by atoms with E-state index in [1.54, 1.807) is 6.07 Å². The van der Waals surface area contributed by atoms with Crippen LogP contribution in [0.15, 0.2) is 35.3 Å². The van der Waals surface area contributed by atoms with E-state index in [2.05, 4.69) is 10.3 Å². The van der Waals surface area contributed by atoms with Crippen LogP contribution in [0.3, 0.4) is 0 Å². The van der Waals surface area contributed by atoms with Crippen LogP contribution in [0, 0.1) is 5.82 Å². The van der Waals surface area contributed by atoms with Crippen LogP contribution < -0.4 is 21.3 Å². The van der Waals surface area contributed by atoms with Gasteiger partial charge in [0.1, 0.15) is 22.6 Å². The molecule has 0 saturated heterocycles. The van der Waals surface area contributed by atoms with E-state index in [1.165, 1.54) is 37.1 Å². The fraction of sp³-hybridized carbons (Fsp3) is 0.273. The van der Waals surface area contributed by atoms with Crippen molar-refractivity contribution in [2.45, 2.75) is 6.42 Å². The maximum Gasteiger partial charge on any atom is 0.267 e. The first-order valence-electron chi connectivity index (χ1n) is 9.90. The van der Waals surface area contributed by atoms with E-state index in [0.717, 1.165) is 6.07 Å². The molecule has 0 unspecified atom stereocenters. The summed E-state index contributed by atoms with van der Waals surface area (Å²) in [4.78, 5) is 40.4. The summed E-state index contributed by atoms with van der Waals surface area (Å²) >= 11 is 0. The minimum Gasteiger partial charge on any atom is -0.505 e. The first-order valence-corrected chi connectivity index (χ1v) is 9.90. The molecule has 4 N–H and O–H groups in total. The number of nitrogens with two attached hydrogens (primary N) is 1. The maximum absolute atomic E-state index is 13.6. The molecule has 1 aromatic carbocycles. The van der Waals surface area contributed by atoms with Gasteiger partial charge in [0.2, 0.25) is 0 Å². The number of aromatic hydroxyl groups is 1. The molecule has 0 bridgehead atoms. The standard InChI is InChI=1S/C22H23FN4O6/c1-27-15-8-12(7-13-3-4-14(23)9-16(13)33-11-17(24)28)10-26-19(15)20(29)18(22(27)31)21(30)25-5-6-32-2/h3-4,8-10,29H,5-7,11H2,1-2H3,(H2,24,28)(H,25,30). The quantitative estimate of drug-likeness (QED) is 0.398. The van der Waals surface area contributed by atoms with Crippen molar-refractivity contribution in [1.29, 1.82) is 0 Å². The second-order valence-electron chi connectivity index (χ2n) is 7.23. The Bertz CT molecular complexity index is 1270. The Kier molecular flexibility index (Phi) is 7.23. The lowest BCUT2D eigenvalue weighted by atomic mass is 10.0. The fourth-order valence-electron chi connectivity index (χ4n) is 3.26. The third-order valence-corrected chi connectivity index (χ3v) is 4.88. The minimum absolute atomic E-state index is 0.0713. The number of carbonyl (C=O) groups is 2. The zero-order valence-electron chi connectivity index (χ0n) is 18.1.